The summed E-state index contributed by atoms with van der Waals surface area (Å²) in [5, 5.41) is 5.60. The van der Waals surface area contributed by atoms with E-state index in [0.717, 1.165) is 18.4 Å². The highest BCUT2D eigenvalue weighted by molar-refractivity contribution is 6.02. The van der Waals surface area contributed by atoms with Crippen molar-refractivity contribution >= 4 is 17.5 Å². The summed E-state index contributed by atoms with van der Waals surface area (Å²) in [6.07, 6.45) is 2.85. The summed E-state index contributed by atoms with van der Waals surface area (Å²) < 4.78 is 10.4. The van der Waals surface area contributed by atoms with Gasteiger partial charge in [-0.2, -0.15) is 0 Å². The van der Waals surface area contributed by atoms with Gasteiger partial charge in [0.15, 0.2) is 5.76 Å². The number of hydrogen-bond donors (Lipinski definition) is 2. The van der Waals surface area contributed by atoms with Crippen LogP contribution in [0.2, 0.25) is 0 Å². The van der Waals surface area contributed by atoms with Crippen LogP contribution in [-0.4, -0.2) is 24.5 Å². The van der Waals surface area contributed by atoms with E-state index in [1.54, 1.807) is 24.3 Å². The van der Waals surface area contributed by atoms with Gasteiger partial charge in [-0.1, -0.05) is 12.1 Å². The van der Waals surface area contributed by atoms with Crippen LogP contribution in [0.5, 0.6) is 0 Å². The first-order valence-corrected chi connectivity index (χ1v) is 7.55. The SMILES string of the molecule is O=C(Nc1ccc(CNC(=O)[C@H]2CCCO2)cc1)c1ccco1. The number of ether oxygens (including phenoxy) is 1. The number of hydrogen-bond acceptors (Lipinski definition) is 4. The number of carbonyl (C=O) groups excluding carboxylic acids is 2. The van der Waals surface area contributed by atoms with Crippen molar-refractivity contribution in [3.8, 4) is 0 Å². The summed E-state index contributed by atoms with van der Waals surface area (Å²) in [5.41, 5.74) is 1.62. The summed E-state index contributed by atoms with van der Waals surface area (Å²) in [5.74, 6) is -0.106. The van der Waals surface area contributed by atoms with Gasteiger partial charge in [0.1, 0.15) is 6.10 Å². The molecule has 2 heterocycles. The van der Waals surface area contributed by atoms with Gasteiger partial charge in [-0.3, -0.25) is 9.59 Å². The molecule has 1 fully saturated rings. The molecular formula is C17H18N2O4. The molecule has 0 saturated carbocycles. The lowest BCUT2D eigenvalue weighted by Crippen LogP contribution is -2.33. The van der Waals surface area contributed by atoms with E-state index in [1.807, 2.05) is 12.1 Å². The molecule has 3 rings (SSSR count). The lowest BCUT2D eigenvalue weighted by molar-refractivity contribution is -0.130. The van der Waals surface area contributed by atoms with Crippen molar-refractivity contribution in [2.75, 3.05) is 11.9 Å². The first kappa shape index (κ1) is 15.3. The molecule has 2 N–H and O–H groups in total. The number of carbonyl (C=O) groups is 2. The van der Waals surface area contributed by atoms with Crippen molar-refractivity contribution in [2.24, 2.45) is 0 Å². The van der Waals surface area contributed by atoms with E-state index in [-0.39, 0.29) is 23.7 Å². The predicted octanol–water partition coefficient (Wildman–Crippen LogP) is 2.33. The minimum atomic E-state index is -0.318. The van der Waals surface area contributed by atoms with E-state index in [2.05, 4.69) is 10.6 Å². The van der Waals surface area contributed by atoms with Gasteiger partial charge in [-0.05, 0) is 42.7 Å². The Morgan fingerprint density at radius 1 is 1.17 bits per heavy atom. The fraction of sp³-hybridized carbons (Fsp3) is 0.294. The molecule has 2 aromatic rings. The highest BCUT2D eigenvalue weighted by atomic mass is 16.5. The second kappa shape index (κ2) is 7.11. The van der Waals surface area contributed by atoms with Gasteiger partial charge in [-0.25, -0.2) is 0 Å². The number of nitrogens with one attached hydrogen (secondary N) is 2. The third-order valence-electron chi connectivity index (χ3n) is 3.65. The first-order chi connectivity index (χ1) is 11.2. The highest BCUT2D eigenvalue weighted by Crippen LogP contribution is 2.14. The average Bonchev–Trinajstić information content (AvgIpc) is 3.27. The van der Waals surface area contributed by atoms with Crippen LogP contribution in [0, 0.1) is 0 Å². The molecule has 23 heavy (non-hydrogen) atoms. The Kier molecular flexibility index (Phi) is 4.73. The van der Waals surface area contributed by atoms with Gasteiger partial charge >= 0.3 is 0 Å². The third-order valence-corrected chi connectivity index (χ3v) is 3.65. The maximum absolute atomic E-state index is 11.9. The van der Waals surface area contributed by atoms with Gasteiger partial charge in [0.05, 0.1) is 6.26 Å². The predicted molar refractivity (Wildman–Crippen MR) is 83.9 cm³/mol. The largest absolute Gasteiger partial charge is 0.459 e. The molecule has 0 spiro atoms. The molecule has 1 aromatic carbocycles. The van der Waals surface area contributed by atoms with E-state index in [1.165, 1.54) is 6.26 Å². The number of anilines is 1. The second-order valence-corrected chi connectivity index (χ2v) is 5.35. The molecule has 0 radical (unpaired) electrons. The zero-order valence-electron chi connectivity index (χ0n) is 12.6. The van der Waals surface area contributed by atoms with Gasteiger partial charge < -0.3 is 19.8 Å². The Bertz CT molecular complexity index is 658. The lowest BCUT2D eigenvalue weighted by Gasteiger charge is -2.11. The third kappa shape index (κ3) is 3.98. The summed E-state index contributed by atoms with van der Waals surface area (Å²) in [6, 6.07) is 10.5. The molecule has 1 saturated heterocycles. The standard InChI is InChI=1S/C17H18N2O4/c20-16(14-3-1-9-22-14)18-11-12-5-7-13(8-6-12)19-17(21)15-4-2-10-23-15/h2,4-8,10,14H,1,3,9,11H2,(H,18,20)(H,19,21)/t14-/m1/s1. The number of rotatable bonds is 5. The fourth-order valence-corrected chi connectivity index (χ4v) is 2.39. The molecule has 2 amide bonds. The summed E-state index contributed by atoms with van der Waals surface area (Å²) in [6.45, 7) is 1.09. The van der Waals surface area contributed by atoms with Crippen molar-refractivity contribution in [2.45, 2.75) is 25.5 Å². The zero-order chi connectivity index (χ0) is 16.1. The second-order valence-electron chi connectivity index (χ2n) is 5.35. The van der Waals surface area contributed by atoms with Crippen LogP contribution in [0.1, 0.15) is 29.0 Å². The Balaban J connectivity index is 1.50. The zero-order valence-corrected chi connectivity index (χ0v) is 12.6. The molecule has 6 nitrogen and oxygen atoms in total. The van der Waals surface area contributed by atoms with Crippen molar-refractivity contribution in [1.29, 1.82) is 0 Å². The molecule has 6 heteroatoms. The molecule has 0 unspecified atom stereocenters. The van der Waals surface area contributed by atoms with Crippen LogP contribution in [0.15, 0.2) is 47.1 Å². The van der Waals surface area contributed by atoms with Crippen molar-refractivity contribution in [3.05, 3.63) is 54.0 Å². The van der Waals surface area contributed by atoms with Crippen LogP contribution in [0.3, 0.4) is 0 Å². The van der Waals surface area contributed by atoms with Crippen molar-refractivity contribution in [1.82, 2.24) is 5.32 Å². The Morgan fingerprint density at radius 2 is 2.00 bits per heavy atom. The van der Waals surface area contributed by atoms with Gasteiger partial charge in [0.2, 0.25) is 5.91 Å². The summed E-state index contributed by atoms with van der Waals surface area (Å²) in [7, 11) is 0. The van der Waals surface area contributed by atoms with Gasteiger partial charge in [0, 0.05) is 18.8 Å². The maximum atomic E-state index is 11.9. The normalized spacial score (nSPS) is 17.0. The average molecular weight is 314 g/mol. The van der Waals surface area contributed by atoms with Gasteiger partial charge in [-0.15, -0.1) is 0 Å². The highest BCUT2D eigenvalue weighted by Gasteiger charge is 2.22. The lowest BCUT2D eigenvalue weighted by atomic mass is 10.2. The van der Waals surface area contributed by atoms with E-state index >= 15 is 0 Å². The number of benzene rings is 1. The van der Waals surface area contributed by atoms with E-state index in [4.69, 9.17) is 9.15 Å². The molecule has 0 bridgehead atoms. The molecule has 1 aliphatic heterocycles. The quantitative estimate of drug-likeness (QED) is 0.887. The van der Waals surface area contributed by atoms with Gasteiger partial charge in [0.25, 0.3) is 5.91 Å². The van der Waals surface area contributed by atoms with Crippen LogP contribution >= 0.6 is 0 Å². The number of furan rings is 1. The van der Waals surface area contributed by atoms with E-state index < -0.39 is 0 Å². The minimum Gasteiger partial charge on any atom is -0.459 e. The Morgan fingerprint density at radius 3 is 2.65 bits per heavy atom. The molecular weight excluding hydrogens is 296 g/mol. The fourth-order valence-electron chi connectivity index (χ4n) is 2.39. The Hall–Kier alpha value is -2.60. The van der Waals surface area contributed by atoms with E-state index in [9.17, 15) is 9.59 Å². The summed E-state index contributed by atoms with van der Waals surface area (Å²) >= 11 is 0. The van der Waals surface area contributed by atoms with Crippen molar-refractivity contribution in [3.63, 3.8) is 0 Å². The monoisotopic (exact) mass is 314 g/mol. The smallest absolute Gasteiger partial charge is 0.291 e. The first-order valence-electron chi connectivity index (χ1n) is 7.55. The van der Waals surface area contributed by atoms with Crippen molar-refractivity contribution < 1.29 is 18.7 Å². The maximum Gasteiger partial charge on any atom is 0.291 e. The molecule has 120 valence electrons. The van der Waals surface area contributed by atoms with Crippen LogP contribution in [0.25, 0.3) is 0 Å². The van der Waals surface area contributed by atoms with E-state index in [0.29, 0.717) is 18.8 Å². The molecule has 1 atom stereocenters. The summed E-state index contributed by atoms with van der Waals surface area (Å²) in [4.78, 5) is 23.7. The molecule has 1 aliphatic rings. The molecule has 1 aromatic heterocycles. The van der Waals surface area contributed by atoms with Crippen LogP contribution < -0.4 is 10.6 Å². The molecule has 0 aliphatic carbocycles. The minimum absolute atomic E-state index is 0.0716. The van der Waals surface area contributed by atoms with Crippen LogP contribution in [-0.2, 0) is 16.1 Å². The number of amides is 2. The Labute approximate surface area is 133 Å². The topological polar surface area (TPSA) is 80.6 Å². The van der Waals surface area contributed by atoms with Crippen LogP contribution in [0.4, 0.5) is 5.69 Å².